The summed E-state index contributed by atoms with van der Waals surface area (Å²) in [4.78, 5) is 14.3. The molecular weight excluding hydrogens is 314 g/mol. The van der Waals surface area contributed by atoms with Gasteiger partial charge in [-0.25, -0.2) is 9.66 Å². The summed E-state index contributed by atoms with van der Waals surface area (Å²) in [7, 11) is 0. The van der Waals surface area contributed by atoms with E-state index in [0.717, 1.165) is 5.69 Å². The molecule has 0 aliphatic carbocycles. The molecule has 1 heterocycles. The quantitative estimate of drug-likeness (QED) is 0.532. The number of nitro benzene ring substituents is 1. The van der Waals surface area contributed by atoms with E-state index in [1.807, 2.05) is 0 Å². The zero-order valence-electron chi connectivity index (χ0n) is 9.95. The Morgan fingerprint density at radius 2 is 2.32 bits per heavy atom. The summed E-state index contributed by atoms with van der Waals surface area (Å²) >= 11 is 3.12. The first-order chi connectivity index (χ1) is 8.97. The van der Waals surface area contributed by atoms with Gasteiger partial charge in [0.25, 0.3) is 5.69 Å². The van der Waals surface area contributed by atoms with Gasteiger partial charge in [0, 0.05) is 11.6 Å². The van der Waals surface area contributed by atoms with Gasteiger partial charge in [-0.05, 0) is 28.9 Å². The van der Waals surface area contributed by atoms with E-state index in [9.17, 15) is 10.1 Å². The molecule has 7 nitrogen and oxygen atoms in total. The number of halogens is 1. The molecule has 0 saturated heterocycles. The second-order valence-electron chi connectivity index (χ2n) is 3.80. The van der Waals surface area contributed by atoms with Gasteiger partial charge >= 0.3 is 0 Å². The highest BCUT2D eigenvalue weighted by atomic mass is 79.9. The van der Waals surface area contributed by atoms with Gasteiger partial charge in [0.2, 0.25) is 5.95 Å². The Labute approximate surface area is 117 Å². The second-order valence-corrected chi connectivity index (χ2v) is 4.65. The van der Waals surface area contributed by atoms with Crippen molar-refractivity contribution in [2.45, 2.75) is 6.92 Å². The van der Waals surface area contributed by atoms with E-state index in [1.54, 1.807) is 25.3 Å². The van der Waals surface area contributed by atoms with Crippen molar-refractivity contribution in [3.8, 4) is 0 Å². The average Bonchev–Trinajstić information content (AvgIpc) is 2.66. The number of hydrogen-bond acceptors (Lipinski definition) is 5. The van der Waals surface area contributed by atoms with Crippen LogP contribution in [0.2, 0.25) is 0 Å². The molecule has 0 bridgehead atoms. The van der Waals surface area contributed by atoms with Crippen LogP contribution in [-0.2, 0) is 0 Å². The number of nitro groups is 1. The number of nitrogen functional groups attached to an aromatic ring is 1. The Balaban J connectivity index is 2.31. The molecule has 2 aromatic rings. The van der Waals surface area contributed by atoms with Crippen LogP contribution in [0.25, 0.3) is 0 Å². The number of hydrogen-bond donors (Lipinski definition) is 1. The van der Waals surface area contributed by atoms with E-state index in [1.165, 1.54) is 17.0 Å². The monoisotopic (exact) mass is 323 g/mol. The molecule has 2 rings (SSSR count). The first-order valence-electron chi connectivity index (χ1n) is 5.27. The van der Waals surface area contributed by atoms with Gasteiger partial charge in [-0.15, -0.1) is 0 Å². The fourth-order valence-electron chi connectivity index (χ4n) is 1.48. The van der Waals surface area contributed by atoms with Crippen molar-refractivity contribution in [1.82, 2.24) is 9.66 Å². The van der Waals surface area contributed by atoms with Gasteiger partial charge in [-0.2, -0.15) is 5.10 Å². The molecule has 0 saturated carbocycles. The Morgan fingerprint density at radius 1 is 1.58 bits per heavy atom. The smallest absolute Gasteiger partial charge is 0.284 e. The molecule has 19 heavy (non-hydrogen) atoms. The maximum absolute atomic E-state index is 10.8. The summed E-state index contributed by atoms with van der Waals surface area (Å²) in [6.07, 6.45) is 3.15. The number of aryl methyl sites for hydroxylation is 1. The first kappa shape index (κ1) is 13.2. The van der Waals surface area contributed by atoms with Gasteiger partial charge < -0.3 is 5.73 Å². The molecule has 0 radical (unpaired) electrons. The summed E-state index contributed by atoms with van der Waals surface area (Å²) in [5, 5.41) is 14.9. The SMILES string of the molecule is Cc1cn(N=Cc2ccc(Br)c([N+](=O)[O-])c2)c(N)n1. The van der Waals surface area contributed by atoms with Crippen LogP contribution >= 0.6 is 15.9 Å². The van der Waals surface area contributed by atoms with E-state index in [4.69, 9.17) is 5.73 Å². The third-order valence-corrected chi connectivity index (χ3v) is 3.00. The van der Waals surface area contributed by atoms with Crippen molar-refractivity contribution in [2.75, 3.05) is 5.73 Å². The highest BCUT2D eigenvalue weighted by molar-refractivity contribution is 9.10. The van der Waals surface area contributed by atoms with Crippen molar-refractivity contribution in [3.63, 3.8) is 0 Å². The van der Waals surface area contributed by atoms with Crippen LogP contribution in [0.4, 0.5) is 11.6 Å². The lowest BCUT2D eigenvalue weighted by Crippen LogP contribution is -1.97. The highest BCUT2D eigenvalue weighted by Gasteiger charge is 2.11. The van der Waals surface area contributed by atoms with Crippen molar-refractivity contribution in [2.24, 2.45) is 5.10 Å². The van der Waals surface area contributed by atoms with E-state index in [-0.39, 0.29) is 11.6 Å². The van der Waals surface area contributed by atoms with Gasteiger partial charge in [0.15, 0.2) is 0 Å². The molecular formula is C11H10BrN5O2. The number of rotatable bonds is 3. The predicted molar refractivity (Wildman–Crippen MR) is 75.2 cm³/mol. The normalized spacial score (nSPS) is 11.1. The maximum Gasteiger partial charge on any atom is 0.284 e. The number of aromatic nitrogens is 2. The second kappa shape index (κ2) is 5.19. The topological polar surface area (TPSA) is 99.3 Å². The van der Waals surface area contributed by atoms with Gasteiger partial charge in [-0.3, -0.25) is 10.1 Å². The van der Waals surface area contributed by atoms with Crippen molar-refractivity contribution >= 4 is 33.8 Å². The van der Waals surface area contributed by atoms with E-state index >= 15 is 0 Å². The zero-order chi connectivity index (χ0) is 14.0. The molecule has 0 spiro atoms. The zero-order valence-corrected chi connectivity index (χ0v) is 11.5. The molecule has 0 aliphatic heterocycles. The van der Waals surface area contributed by atoms with Gasteiger partial charge in [0.1, 0.15) is 0 Å². The minimum Gasteiger partial charge on any atom is -0.368 e. The predicted octanol–water partition coefficient (Wildman–Crippen LogP) is 2.33. The lowest BCUT2D eigenvalue weighted by atomic mass is 10.2. The van der Waals surface area contributed by atoms with Crippen LogP contribution in [-0.4, -0.2) is 20.8 Å². The number of imidazole rings is 1. The Bertz CT molecular complexity index is 665. The van der Waals surface area contributed by atoms with Crippen molar-refractivity contribution in [3.05, 3.63) is 50.2 Å². The van der Waals surface area contributed by atoms with Crippen molar-refractivity contribution in [1.29, 1.82) is 0 Å². The van der Waals surface area contributed by atoms with E-state index in [0.29, 0.717) is 10.0 Å². The summed E-state index contributed by atoms with van der Waals surface area (Å²) in [6.45, 7) is 1.80. The van der Waals surface area contributed by atoms with Crippen molar-refractivity contribution < 1.29 is 4.92 Å². The third-order valence-electron chi connectivity index (χ3n) is 2.33. The van der Waals surface area contributed by atoms with Crippen LogP contribution < -0.4 is 5.73 Å². The van der Waals surface area contributed by atoms with E-state index in [2.05, 4.69) is 26.0 Å². The average molecular weight is 324 g/mol. The molecule has 0 amide bonds. The van der Waals surface area contributed by atoms with Crippen LogP contribution in [0.5, 0.6) is 0 Å². The Kier molecular flexibility index (Phi) is 3.61. The molecule has 1 aromatic heterocycles. The van der Waals surface area contributed by atoms with Gasteiger partial charge in [-0.1, -0.05) is 6.07 Å². The first-order valence-corrected chi connectivity index (χ1v) is 6.06. The van der Waals surface area contributed by atoms with E-state index < -0.39 is 4.92 Å². The molecule has 98 valence electrons. The summed E-state index contributed by atoms with van der Waals surface area (Å²) < 4.78 is 1.83. The lowest BCUT2D eigenvalue weighted by Gasteiger charge is -1.98. The number of nitrogens with zero attached hydrogens (tertiary/aromatic N) is 4. The molecule has 0 fully saturated rings. The molecule has 1 aromatic carbocycles. The minimum absolute atomic E-state index is 0.0151. The van der Waals surface area contributed by atoms with Crippen LogP contribution in [0.15, 0.2) is 34.0 Å². The van der Waals surface area contributed by atoms with Crippen LogP contribution in [0.3, 0.4) is 0 Å². The van der Waals surface area contributed by atoms with Gasteiger partial charge in [0.05, 0.1) is 27.5 Å². The summed E-state index contributed by atoms with van der Waals surface area (Å²) in [5.74, 6) is 0.264. The lowest BCUT2D eigenvalue weighted by molar-refractivity contribution is -0.385. The molecule has 2 N–H and O–H groups in total. The van der Waals surface area contributed by atoms with Crippen LogP contribution in [0.1, 0.15) is 11.3 Å². The molecule has 8 heteroatoms. The number of nitrogens with two attached hydrogens (primary N) is 1. The number of anilines is 1. The Morgan fingerprint density at radius 3 is 2.89 bits per heavy atom. The minimum atomic E-state index is -0.461. The number of benzene rings is 1. The summed E-state index contributed by atoms with van der Waals surface area (Å²) in [5.41, 5.74) is 6.96. The largest absolute Gasteiger partial charge is 0.368 e. The summed E-state index contributed by atoms with van der Waals surface area (Å²) in [6, 6.07) is 4.73. The molecule has 0 aliphatic rings. The fourth-order valence-corrected chi connectivity index (χ4v) is 1.87. The highest BCUT2D eigenvalue weighted by Crippen LogP contribution is 2.25. The van der Waals surface area contributed by atoms with Crippen LogP contribution in [0, 0.1) is 17.0 Å². The fraction of sp³-hybridized carbons (Fsp3) is 0.0909. The third kappa shape index (κ3) is 2.97. The molecule has 0 atom stereocenters. The standard InChI is InChI=1S/C11H10BrN5O2/c1-7-6-16(11(13)15-7)14-5-8-2-3-9(12)10(4-8)17(18)19/h2-6H,1H3,(H2,13,15). The molecule has 0 unspecified atom stereocenters. The Hall–Kier alpha value is -2.22. The maximum atomic E-state index is 10.8.